The number of hydrogen-bond donors (Lipinski definition) is 0. The molecule has 0 radical (unpaired) electrons. The molecule has 12 aliphatic carbocycles. The molecular formula is C93H178O15. The minimum atomic E-state index is -0.0463. The van der Waals surface area contributed by atoms with Gasteiger partial charge < -0.3 is 42.6 Å². The van der Waals surface area contributed by atoms with Crippen LogP contribution in [-0.4, -0.2) is 126 Å². The summed E-state index contributed by atoms with van der Waals surface area (Å²) in [5.74, 6) is 11.4. The summed E-state index contributed by atoms with van der Waals surface area (Å²) in [7, 11) is 0. The molecule has 0 spiro atoms. The number of ketones is 2. The Morgan fingerprint density at radius 1 is 0.278 bits per heavy atom. The molecule has 14 atom stereocenters. The maximum absolute atomic E-state index is 11.6. The fraction of sp³-hybridized carbons (Fsp3) is 0.935. The van der Waals surface area contributed by atoms with Gasteiger partial charge in [-0.15, -0.1) is 0 Å². The van der Waals surface area contributed by atoms with Crippen molar-refractivity contribution >= 4 is 35.4 Å². The van der Waals surface area contributed by atoms with Crippen LogP contribution in [0.2, 0.25) is 0 Å². The van der Waals surface area contributed by atoms with Gasteiger partial charge in [0.15, 0.2) is 0 Å². The van der Waals surface area contributed by atoms with Gasteiger partial charge in [-0.1, -0.05) is 172 Å². The van der Waals surface area contributed by atoms with E-state index in [-0.39, 0.29) is 35.9 Å². The highest BCUT2D eigenvalue weighted by Crippen LogP contribution is 2.55. The average Bonchev–Trinajstić information content (AvgIpc) is 1.56. The lowest BCUT2D eigenvalue weighted by Crippen LogP contribution is -2.45. The zero-order chi connectivity index (χ0) is 81.5. The smallest absolute Gasteiger partial charge is 0.309 e. The first-order valence-electron chi connectivity index (χ1n) is 46.8. The molecular weight excluding hydrogens is 1360 g/mol. The van der Waals surface area contributed by atoms with Crippen molar-refractivity contribution < 1.29 is 71.4 Å². The van der Waals surface area contributed by atoms with Crippen LogP contribution < -0.4 is 0 Å². The van der Waals surface area contributed by atoms with Crippen LogP contribution in [0, 0.1) is 82.9 Å². The van der Waals surface area contributed by atoms with Gasteiger partial charge in [-0.05, 0) is 246 Å². The lowest BCUT2D eigenvalue weighted by Gasteiger charge is -2.48. The number of hydrogen-bond acceptors (Lipinski definition) is 15. The molecule has 15 heteroatoms. The van der Waals surface area contributed by atoms with Crippen LogP contribution in [0.4, 0.5) is 0 Å². The van der Waals surface area contributed by atoms with Crippen molar-refractivity contribution in [2.24, 2.45) is 82.9 Å². The summed E-state index contributed by atoms with van der Waals surface area (Å²) in [5.41, 5.74) is 0. The normalized spacial score (nSPS) is 32.9. The van der Waals surface area contributed by atoms with E-state index in [1.54, 1.807) is 0 Å². The second-order valence-corrected chi connectivity index (χ2v) is 29.4. The molecule has 0 aromatic heterocycles. The summed E-state index contributed by atoms with van der Waals surface area (Å²) >= 11 is 0. The van der Waals surface area contributed by atoms with Crippen LogP contribution >= 0.6 is 0 Å². The quantitative estimate of drug-likeness (QED) is 0.165. The molecule has 9 aliphatic heterocycles. The summed E-state index contributed by atoms with van der Waals surface area (Å²) in [5, 5.41) is 0. The molecule has 21 fully saturated rings. The van der Waals surface area contributed by atoms with E-state index in [9.17, 15) is 28.8 Å². The van der Waals surface area contributed by atoms with E-state index in [0.717, 1.165) is 158 Å². The maximum Gasteiger partial charge on any atom is 0.309 e. The van der Waals surface area contributed by atoms with Crippen molar-refractivity contribution in [3.05, 3.63) is 0 Å². The van der Waals surface area contributed by atoms with Crippen LogP contribution in [0.25, 0.3) is 0 Å². The maximum atomic E-state index is 11.6. The van der Waals surface area contributed by atoms with Crippen LogP contribution in [0.5, 0.6) is 0 Å². The zero-order valence-electron chi connectivity index (χ0n) is 74.8. The molecule has 0 amide bonds. The molecule has 21 aliphatic rings. The number of carbonyl (C=O) groups excluding carboxylic acids is 6. The minimum Gasteiger partial charge on any atom is -0.466 e. The molecule has 12 saturated carbocycles. The predicted molar refractivity (Wildman–Crippen MR) is 448 cm³/mol. The molecule has 9 heterocycles. The van der Waals surface area contributed by atoms with Gasteiger partial charge in [0.05, 0.1) is 43.9 Å². The minimum absolute atomic E-state index is 0.0359. The Kier molecular flexibility index (Phi) is 70.0. The fourth-order valence-electron chi connectivity index (χ4n) is 18.3. The summed E-state index contributed by atoms with van der Waals surface area (Å²) in [6.45, 7) is 53.4. The van der Waals surface area contributed by atoms with E-state index in [2.05, 4.69) is 9.47 Å². The van der Waals surface area contributed by atoms with Gasteiger partial charge in [-0.3, -0.25) is 28.8 Å². The zero-order valence-corrected chi connectivity index (χ0v) is 74.8. The number of rotatable bonds is 0. The average molecular weight is 1540 g/mol. The SMILES string of the molecule is C1CC2COC(C1)C2.C1CCCOCC1.C1CCOC1.C1CCOCC1.C1OC2CC3CC1C2C3.CC.CC.CC.CC.CC.CC.CC.CC.CC.CC.CC.O=C1C2CC3CC(C2)CC1C3.O=C1CC2CCC1C2.O=C1CCCCO1.O=C1CCCO1.O=C1OC2CC3CC1C2C3.O=C1OC2CCCC1C2. The number of esters is 4. The third kappa shape index (κ3) is 41.4. The molecule has 21 rings (SSSR count). The summed E-state index contributed by atoms with van der Waals surface area (Å²) < 4.78 is 45.7. The van der Waals surface area contributed by atoms with E-state index in [1.165, 1.54) is 167 Å². The first kappa shape index (κ1) is 107. The number of ether oxygens (including phenoxy) is 9. The van der Waals surface area contributed by atoms with Crippen LogP contribution in [0.3, 0.4) is 0 Å². The summed E-state index contributed by atoms with van der Waals surface area (Å²) in [6, 6.07) is 0. The fourth-order valence-corrected chi connectivity index (χ4v) is 18.3. The predicted octanol–water partition coefficient (Wildman–Crippen LogP) is 24.3. The van der Waals surface area contributed by atoms with Crippen molar-refractivity contribution in [3.8, 4) is 0 Å². The molecule has 640 valence electrons. The van der Waals surface area contributed by atoms with Gasteiger partial charge in [-0.2, -0.15) is 0 Å². The molecule has 0 aromatic carbocycles. The van der Waals surface area contributed by atoms with Gasteiger partial charge in [0.2, 0.25) is 0 Å². The molecule has 0 aromatic rings. The van der Waals surface area contributed by atoms with E-state index >= 15 is 0 Å². The van der Waals surface area contributed by atoms with Crippen LogP contribution in [0.1, 0.15) is 390 Å². The van der Waals surface area contributed by atoms with Crippen LogP contribution in [-0.2, 0) is 71.4 Å². The highest BCUT2D eigenvalue weighted by molar-refractivity contribution is 5.85. The molecule has 0 N–H and O–H groups in total. The number of Topliss-reactive ketones (excluding diaryl/α,β-unsaturated/α-hetero) is 2. The third-order valence-electron chi connectivity index (χ3n) is 22.8. The van der Waals surface area contributed by atoms with Crippen molar-refractivity contribution in [1.82, 2.24) is 0 Å². The van der Waals surface area contributed by atoms with Gasteiger partial charge >= 0.3 is 23.9 Å². The standard InChI is InChI=1S/C10H14O.C8H10O2.C8H12O.C7H10O2.C7H10O.C7H12O.C6H12O.C5H8O2.C5H10O.C4H6O2.C4H8O.11C2H6/c11-10-8-2-6-1-7(4-8)5-9(10)3-6;9-8-6-2-4-1-5(6)7(3-4)10-8;1-5-2-7-6(1)4-9-8(7)3-5;8-7-5-2-1-3-6(4-5)9-7;8-7-4-5-1-2-6(7)3-5;1-2-6-4-7(3-1)8-5-6;1-2-4-6-7-5-3-1;6-5-3-1-2-4-7-5;1-2-4-6-5-3-1;5-4-2-1-3-6-4;1-2-4-5-3-1;11*1-2/h6-9H,1-5H2;4-7H,1-3H2;5-8H,1-4H2;5-6H,1-4H2;5-6H,1-4H2;6-7H,1-5H2;1-6H2;1-4H2;1-5H2;1-3H2;1-4H2;11*1-2H3. The Bertz CT molecular complexity index is 2010. The second kappa shape index (κ2) is 70.6. The number of carbonyl (C=O) groups is 6. The Hall–Kier alpha value is -2.98. The van der Waals surface area contributed by atoms with Gasteiger partial charge in [-0.25, -0.2) is 0 Å². The van der Waals surface area contributed by atoms with Gasteiger partial charge in [0.1, 0.15) is 23.8 Å². The molecule has 14 bridgehead atoms. The van der Waals surface area contributed by atoms with Gasteiger partial charge in [0, 0.05) is 89.2 Å². The van der Waals surface area contributed by atoms with Crippen molar-refractivity contribution in [3.63, 3.8) is 0 Å². The Balaban J connectivity index is 0. The topological polar surface area (TPSA) is 185 Å². The monoisotopic (exact) mass is 1540 g/mol. The molecule has 108 heavy (non-hydrogen) atoms. The van der Waals surface area contributed by atoms with E-state index in [4.69, 9.17) is 33.2 Å². The first-order chi connectivity index (χ1) is 53.1. The molecule has 14 unspecified atom stereocenters. The number of cyclic esters (lactones) is 2. The van der Waals surface area contributed by atoms with Crippen molar-refractivity contribution in [1.29, 1.82) is 0 Å². The number of fused-ring (bicyclic) bond motifs is 8. The molecule has 15 nitrogen and oxygen atoms in total. The highest BCUT2D eigenvalue weighted by atomic mass is 16.6. The largest absolute Gasteiger partial charge is 0.466 e. The Labute approximate surface area is 666 Å². The summed E-state index contributed by atoms with van der Waals surface area (Å²) in [4.78, 5) is 64.6. The van der Waals surface area contributed by atoms with Gasteiger partial charge in [0.25, 0.3) is 0 Å². The van der Waals surface area contributed by atoms with Crippen LogP contribution in [0.15, 0.2) is 0 Å². The van der Waals surface area contributed by atoms with E-state index in [0.29, 0.717) is 85.5 Å². The van der Waals surface area contributed by atoms with E-state index < -0.39 is 0 Å². The Morgan fingerprint density at radius 3 is 1.08 bits per heavy atom. The summed E-state index contributed by atoms with van der Waals surface area (Å²) in [6.07, 6.45) is 46.9. The third-order valence-corrected chi connectivity index (χ3v) is 22.8. The Morgan fingerprint density at radius 2 is 0.731 bits per heavy atom. The van der Waals surface area contributed by atoms with Crippen molar-refractivity contribution in [2.45, 2.75) is 414 Å². The lowest BCUT2D eigenvalue weighted by molar-refractivity contribution is -0.147. The first-order valence-corrected chi connectivity index (χ1v) is 46.8. The van der Waals surface area contributed by atoms with Crippen molar-refractivity contribution in [2.75, 3.05) is 66.1 Å². The second-order valence-electron chi connectivity index (χ2n) is 29.4. The lowest BCUT2D eigenvalue weighted by atomic mass is 9.56. The molecule has 9 saturated heterocycles. The highest BCUT2D eigenvalue weighted by Gasteiger charge is 2.56. The van der Waals surface area contributed by atoms with E-state index in [1.807, 2.05) is 152 Å².